The number of fused-ring (bicyclic) bond motifs is 1. The number of benzene rings is 2. The second-order valence-corrected chi connectivity index (χ2v) is 8.08. The number of rotatable bonds is 2. The maximum atomic E-state index is 5.03. The SMILES string of the molecule is Cc1cc(C)c2nc(-c3cccc(-c4c(C)cc(C)c[n+]4C)c3C)n(C)c2c1. The molecule has 3 heteroatoms. The minimum absolute atomic E-state index is 1.02. The molecule has 4 rings (SSSR count). The highest BCUT2D eigenvalue weighted by Crippen LogP contribution is 2.33. The topological polar surface area (TPSA) is 21.7 Å². The molecular formula is C25H28N3+. The number of nitrogens with zero attached hydrogens (tertiary/aromatic N) is 3. The standard InChI is InChI=1S/C25H28N3/c1-15-11-17(3)23-22(13-15)28(7)25(26-23)21-10-8-9-20(19(21)5)24-18(4)12-16(2)14-27(24)6/h8-14H,1-7H3/q+1. The van der Waals surface area contributed by atoms with Crippen LogP contribution in [0.4, 0.5) is 0 Å². The van der Waals surface area contributed by atoms with Gasteiger partial charge >= 0.3 is 0 Å². The van der Waals surface area contributed by atoms with Gasteiger partial charge in [-0.05, 0) is 69.5 Å². The van der Waals surface area contributed by atoms with Crippen molar-refractivity contribution in [3.63, 3.8) is 0 Å². The van der Waals surface area contributed by atoms with E-state index in [0.717, 1.165) is 11.3 Å². The zero-order chi connectivity index (χ0) is 20.2. The highest BCUT2D eigenvalue weighted by molar-refractivity contribution is 5.85. The monoisotopic (exact) mass is 370 g/mol. The van der Waals surface area contributed by atoms with Crippen LogP contribution < -0.4 is 4.57 Å². The molecular weight excluding hydrogens is 342 g/mol. The summed E-state index contributed by atoms with van der Waals surface area (Å²) in [4.78, 5) is 5.03. The molecule has 2 aromatic heterocycles. The molecule has 142 valence electrons. The van der Waals surface area contributed by atoms with Crippen molar-refractivity contribution >= 4 is 11.0 Å². The molecule has 0 bridgehead atoms. The Kier molecular flexibility index (Phi) is 4.34. The summed E-state index contributed by atoms with van der Waals surface area (Å²) >= 11 is 0. The van der Waals surface area contributed by atoms with Gasteiger partial charge < -0.3 is 4.57 Å². The van der Waals surface area contributed by atoms with Crippen molar-refractivity contribution < 1.29 is 4.57 Å². The third-order valence-corrected chi connectivity index (χ3v) is 5.72. The third-order valence-electron chi connectivity index (χ3n) is 5.72. The predicted octanol–water partition coefficient (Wildman–Crippen LogP) is 5.27. The minimum atomic E-state index is 1.02. The number of pyridine rings is 1. The van der Waals surface area contributed by atoms with Crippen LogP contribution in [0.15, 0.2) is 42.6 Å². The zero-order valence-corrected chi connectivity index (χ0v) is 17.9. The molecule has 0 aliphatic rings. The van der Waals surface area contributed by atoms with Gasteiger partial charge in [0.2, 0.25) is 5.69 Å². The maximum absolute atomic E-state index is 5.03. The number of aryl methyl sites for hydroxylation is 6. The van der Waals surface area contributed by atoms with Gasteiger partial charge in [0.1, 0.15) is 12.9 Å². The van der Waals surface area contributed by atoms with E-state index in [1.54, 1.807) is 0 Å². The highest BCUT2D eigenvalue weighted by Gasteiger charge is 2.20. The summed E-state index contributed by atoms with van der Waals surface area (Å²) in [5.41, 5.74) is 12.3. The molecule has 0 radical (unpaired) electrons. The van der Waals surface area contributed by atoms with Crippen LogP contribution in [0.3, 0.4) is 0 Å². The second kappa shape index (κ2) is 6.59. The second-order valence-electron chi connectivity index (χ2n) is 8.08. The molecule has 0 saturated carbocycles. The van der Waals surface area contributed by atoms with E-state index in [2.05, 4.69) is 100 Å². The van der Waals surface area contributed by atoms with E-state index in [1.165, 1.54) is 50.2 Å². The van der Waals surface area contributed by atoms with Crippen LogP contribution in [0.25, 0.3) is 33.7 Å². The van der Waals surface area contributed by atoms with E-state index in [9.17, 15) is 0 Å². The summed E-state index contributed by atoms with van der Waals surface area (Å²) in [6.07, 6.45) is 2.19. The highest BCUT2D eigenvalue weighted by atomic mass is 15.1. The van der Waals surface area contributed by atoms with Gasteiger partial charge in [-0.2, -0.15) is 0 Å². The van der Waals surface area contributed by atoms with E-state index in [1.807, 2.05) is 0 Å². The molecule has 2 heterocycles. The van der Waals surface area contributed by atoms with Crippen LogP contribution in [0, 0.1) is 34.6 Å². The molecule has 0 aliphatic heterocycles. The van der Waals surface area contributed by atoms with Crippen molar-refractivity contribution in [2.75, 3.05) is 0 Å². The lowest BCUT2D eigenvalue weighted by Crippen LogP contribution is -2.32. The Balaban J connectivity index is 1.98. The summed E-state index contributed by atoms with van der Waals surface area (Å²) in [6, 6.07) is 13.2. The molecule has 4 aromatic rings. The van der Waals surface area contributed by atoms with Gasteiger partial charge in [0.05, 0.1) is 16.6 Å². The van der Waals surface area contributed by atoms with Crippen molar-refractivity contribution in [1.82, 2.24) is 9.55 Å². The van der Waals surface area contributed by atoms with Gasteiger partial charge in [0.15, 0.2) is 6.20 Å². The quantitative estimate of drug-likeness (QED) is 0.440. The Bertz CT molecular complexity index is 1210. The van der Waals surface area contributed by atoms with Crippen molar-refractivity contribution in [1.29, 1.82) is 0 Å². The maximum Gasteiger partial charge on any atom is 0.215 e. The van der Waals surface area contributed by atoms with E-state index in [-0.39, 0.29) is 0 Å². The molecule has 0 N–H and O–H groups in total. The van der Waals surface area contributed by atoms with Crippen LogP contribution >= 0.6 is 0 Å². The molecule has 0 spiro atoms. The third kappa shape index (κ3) is 2.82. The average Bonchev–Trinajstić information content (AvgIpc) is 2.93. The summed E-state index contributed by atoms with van der Waals surface area (Å²) in [6.45, 7) is 10.8. The van der Waals surface area contributed by atoms with E-state index in [4.69, 9.17) is 4.98 Å². The number of aromatic nitrogens is 3. The minimum Gasteiger partial charge on any atom is -0.327 e. The van der Waals surface area contributed by atoms with Crippen LogP contribution in [-0.4, -0.2) is 9.55 Å². The Labute approximate surface area is 167 Å². The summed E-state index contributed by atoms with van der Waals surface area (Å²) in [5.74, 6) is 1.02. The van der Waals surface area contributed by atoms with Gasteiger partial charge in [0, 0.05) is 23.7 Å². The van der Waals surface area contributed by atoms with Gasteiger partial charge in [-0.3, -0.25) is 0 Å². The molecule has 0 unspecified atom stereocenters. The van der Waals surface area contributed by atoms with E-state index >= 15 is 0 Å². The van der Waals surface area contributed by atoms with Crippen molar-refractivity contribution in [2.24, 2.45) is 14.1 Å². The first-order valence-electron chi connectivity index (χ1n) is 9.79. The number of imidazole rings is 1. The first-order valence-corrected chi connectivity index (χ1v) is 9.79. The normalized spacial score (nSPS) is 11.4. The lowest BCUT2D eigenvalue weighted by atomic mass is 9.96. The van der Waals surface area contributed by atoms with Gasteiger partial charge in [0.25, 0.3) is 0 Å². The molecule has 0 fully saturated rings. The fourth-order valence-electron chi connectivity index (χ4n) is 4.51. The van der Waals surface area contributed by atoms with Crippen molar-refractivity contribution in [2.45, 2.75) is 34.6 Å². The fourth-order valence-corrected chi connectivity index (χ4v) is 4.51. The van der Waals surface area contributed by atoms with Crippen LogP contribution in [0.1, 0.15) is 27.8 Å². The number of hydrogen-bond donors (Lipinski definition) is 0. The summed E-state index contributed by atoms with van der Waals surface area (Å²) < 4.78 is 4.46. The summed E-state index contributed by atoms with van der Waals surface area (Å²) in [5, 5.41) is 0. The molecule has 0 atom stereocenters. The molecule has 0 saturated heterocycles. The Morgan fingerprint density at radius 3 is 2.25 bits per heavy atom. The predicted molar refractivity (Wildman–Crippen MR) is 116 cm³/mol. The zero-order valence-electron chi connectivity index (χ0n) is 17.9. The van der Waals surface area contributed by atoms with Crippen LogP contribution in [0.2, 0.25) is 0 Å². The molecule has 3 nitrogen and oxygen atoms in total. The lowest BCUT2D eigenvalue weighted by Gasteiger charge is -2.12. The Morgan fingerprint density at radius 2 is 1.54 bits per heavy atom. The van der Waals surface area contributed by atoms with Crippen molar-refractivity contribution in [3.8, 4) is 22.6 Å². The Morgan fingerprint density at radius 1 is 0.857 bits per heavy atom. The largest absolute Gasteiger partial charge is 0.327 e. The van der Waals surface area contributed by atoms with Gasteiger partial charge in [-0.25, -0.2) is 9.55 Å². The van der Waals surface area contributed by atoms with Gasteiger partial charge in [-0.1, -0.05) is 18.2 Å². The van der Waals surface area contributed by atoms with Gasteiger partial charge in [-0.15, -0.1) is 0 Å². The molecule has 28 heavy (non-hydrogen) atoms. The summed E-state index contributed by atoms with van der Waals surface area (Å²) in [7, 11) is 4.25. The smallest absolute Gasteiger partial charge is 0.215 e. The first kappa shape index (κ1) is 18.4. The first-order chi connectivity index (χ1) is 13.3. The van der Waals surface area contributed by atoms with Crippen molar-refractivity contribution in [3.05, 3.63) is 70.4 Å². The fraction of sp³-hybridized carbons (Fsp3) is 0.280. The molecule has 0 aliphatic carbocycles. The molecule has 0 amide bonds. The average molecular weight is 371 g/mol. The Hall–Kier alpha value is -2.94. The van der Waals surface area contributed by atoms with Crippen LogP contribution in [0.5, 0.6) is 0 Å². The van der Waals surface area contributed by atoms with E-state index < -0.39 is 0 Å². The molecule has 2 aromatic carbocycles. The van der Waals surface area contributed by atoms with E-state index in [0.29, 0.717) is 0 Å². The lowest BCUT2D eigenvalue weighted by molar-refractivity contribution is -0.661. The van der Waals surface area contributed by atoms with Crippen LogP contribution in [-0.2, 0) is 14.1 Å². The number of hydrogen-bond acceptors (Lipinski definition) is 1.